The number of aliphatic hydroxyl groups is 1. The van der Waals surface area contributed by atoms with Gasteiger partial charge in [0.25, 0.3) is 0 Å². The molecule has 1 unspecified atom stereocenters. The number of aliphatic hydroxyl groups excluding tert-OH is 1. The van der Waals surface area contributed by atoms with E-state index in [2.05, 4.69) is 43.3 Å². The molecule has 0 bridgehead atoms. The van der Waals surface area contributed by atoms with Crippen molar-refractivity contribution in [2.24, 2.45) is 0 Å². The molecule has 0 spiro atoms. The Labute approximate surface area is 136 Å². The zero-order chi connectivity index (χ0) is 15.8. The van der Waals surface area contributed by atoms with Gasteiger partial charge >= 0.3 is 0 Å². The van der Waals surface area contributed by atoms with Crippen molar-refractivity contribution in [2.75, 3.05) is 0 Å². The van der Waals surface area contributed by atoms with E-state index in [1.807, 2.05) is 42.5 Å². The predicted octanol–water partition coefficient (Wildman–Crippen LogP) is 5.00. The lowest BCUT2D eigenvalue weighted by Crippen LogP contribution is -1.96. The first kappa shape index (κ1) is 14.0. The van der Waals surface area contributed by atoms with Crippen molar-refractivity contribution in [3.8, 4) is 0 Å². The molecule has 1 atom stereocenters. The van der Waals surface area contributed by atoms with Crippen LogP contribution in [0.1, 0.15) is 33.9 Å². The van der Waals surface area contributed by atoms with E-state index in [4.69, 9.17) is 0 Å². The summed E-state index contributed by atoms with van der Waals surface area (Å²) in [5.74, 6) is 0. The average Bonchev–Trinajstić information content (AvgIpc) is 2.88. The van der Waals surface area contributed by atoms with Crippen LogP contribution < -0.4 is 0 Å². The predicted molar refractivity (Wildman–Crippen MR) is 94.9 cm³/mol. The smallest absolute Gasteiger partial charge is 0.106 e. The van der Waals surface area contributed by atoms with Crippen molar-refractivity contribution in [3.05, 3.63) is 107 Å². The van der Waals surface area contributed by atoms with Crippen LogP contribution in [-0.4, -0.2) is 5.11 Å². The Morgan fingerprint density at radius 3 is 2.00 bits per heavy atom. The summed E-state index contributed by atoms with van der Waals surface area (Å²) >= 11 is 0. The van der Waals surface area contributed by atoms with Crippen LogP contribution in [0, 0.1) is 6.92 Å². The Kier molecular flexibility index (Phi) is 3.36. The number of hydrogen-bond donors (Lipinski definition) is 1. The zero-order valence-electron chi connectivity index (χ0n) is 13.0. The van der Waals surface area contributed by atoms with Gasteiger partial charge in [-0.1, -0.05) is 84.4 Å². The van der Waals surface area contributed by atoms with Crippen molar-refractivity contribution < 1.29 is 5.11 Å². The molecule has 112 valence electrons. The van der Waals surface area contributed by atoms with Crippen LogP contribution >= 0.6 is 0 Å². The van der Waals surface area contributed by atoms with Crippen LogP contribution in [0.25, 0.3) is 11.1 Å². The van der Waals surface area contributed by atoms with E-state index in [0.717, 1.165) is 33.4 Å². The fourth-order valence-electron chi connectivity index (χ4n) is 3.40. The van der Waals surface area contributed by atoms with Crippen molar-refractivity contribution in [3.63, 3.8) is 0 Å². The molecule has 0 aromatic heterocycles. The molecule has 4 rings (SSSR count). The molecule has 0 radical (unpaired) electrons. The molecule has 0 saturated carbocycles. The summed E-state index contributed by atoms with van der Waals surface area (Å²) in [4.78, 5) is 0. The van der Waals surface area contributed by atoms with E-state index in [9.17, 15) is 5.11 Å². The minimum absolute atomic E-state index is 0.580. The molecule has 1 N–H and O–H groups in total. The van der Waals surface area contributed by atoms with Crippen LogP contribution in [0.3, 0.4) is 0 Å². The third kappa shape index (κ3) is 2.30. The number of rotatable bonds is 2. The van der Waals surface area contributed by atoms with Gasteiger partial charge in [-0.05, 0) is 34.8 Å². The van der Waals surface area contributed by atoms with Gasteiger partial charge in [0.2, 0.25) is 0 Å². The Morgan fingerprint density at radius 2 is 1.35 bits per heavy atom. The summed E-state index contributed by atoms with van der Waals surface area (Å²) in [6.45, 7) is 2.09. The highest BCUT2D eigenvalue weighted by atomic mass is 16.3. The number of hydrogen-bond acceptors (Lipinski definition) is 1. The standard InChI is InChI=1S/C22H18O/c1-15-12-13-18-19(14-15)20(16-8-4-2-5-9-16)21(22(18)23)17-10-6-3-7-11-17/h2-14,22-23H,1H3. The molecule has 0 heterocycles. The molecule has 0 fully saturated rings. The molecule has 0 aliphatic heterocycles. The molecular weight excluding hydrogens is 280 g/mol. The average molecular weight is 298 g/mol. The minimum atomic E-state index is -0.580. The Balaban J connectivity index is 2.03. The maximum Gasteiger partial charge on any atom is 0.106 e. The first-order chi connectivity index (χ1) is 11.3. The lowest BCUT2D eigenvalue weighted by molar-refractivity contribution is 0.241. The largest absolute Gasteiger partial charge is 0.384 e. The highest BCUT2D eigenvalue weighted by Crippen LogP contribution is 2.48. The maximum atomic E-state index is 11.0. The molecule has 1 aliphatic rings. The molecule has 3 aromatic carbocycles. The van der Waals surface area contributed by atoms with Crippen molar-refractivity contribution in [2.45, 2.75) is 13.0 Å². The van der Waals surface area contributed by atoms with E-state index in [0.29, 0.717) is 0 Å². The van der Waals surface area contributed by atoms with Gasteiger partial charge in [-0.2, -0.15) is 0 Å². The molecule has 0 saturated heterocycles. The summed E-state index contributed by atoms with van der Waals surface area (Å²) in [6, 6.07) is 26.8. The number of fused-ring (bicyclic) bond motifs is 1. The van der Waals surface area contributed by atoms with Gasteiger partial charge in [0, 0.05) is 5.57 Å². The van der Waals surface area contributed by atoms with E-state index >= 15 is 0 Å². The summed E-state index contributed by atoms with van der Waals surface area (Å²) in [7, 11) is 0. The molecule has 3 aromatic rings. The SMILES string of the molecule is Cc1ccc2c(c1)C(c1ccccc1)=C(c1ccccc1)C2O. The number of benzene rings is 3. The van der Waals surface area contributed by atoms with Gasteiger partial charge in [-0.3, -0.25) is 0 Å². The van der Waals surface area contributed by atoms with E-state index in [-0.39, 0.29) is 0 Å². The zero-order valence-corrected chi connectivity index (χ0v) is 13.0. The van der Waals surface area contributed by atoms with Crippen LogP contribution in [0.15, 0.2) is 78.9 Å². The highest BCUT2D eigenvalue weighted by Gasteiger charge is 2.31. The van der Waals surface area contributed by atoms with Crippen LogP contribution in [-0.2, 0) is 0 Å². The van der Waals surface area contributed by atoms with Gasteiger partial charge in [0.15, 0.2) is 0 Å². The number of aryl methyl sites for hydroxylation is 1. The second-order valence-electron chi connectivity index (χ2n) is 6.01. The monoisotopic (exact) mass is 298 g/mol. The molecule has 23 heavy (non-hydrogen) atoms. The lowest BCUT2D eigenvalue weighted by Gasteiger charge is -2.12. The van der Waals surface area contributed by atoms with Crippen molar-refractivity contribution in [1.82, 2.24) is 0 Å². The topological polar surface area (TPSA) is 20.2 Å². The van der Waals surface area contributed by atoms with Gasteiger partial charge < -0.3 is 5.11 Å². The van der Waals surface area contributed by atoms with Gasteiger partial charge in [0.05, 0.1) is 0 Å². The summed E-state index contributed by atoms with van der Waals surface area (Å²) in [6.07, 6.45) is -0.580. The molecule has 1 heteroatoms. The Hall–Kier alpha value is -2.64. The molecular formula is C22H18O. The lowest BCUT2D eigenvalue weighted by atomic mass is 9.94. The fourth-order valence-corrected chi connectivity index (χ4v) is 3.40. The first-order valence-electron chi connectivity index (χ1n) is 7.89. The van der Waals surface area contributed by atoms with Crippen LogP contribution in [0.4, 0.5) is 0 Å². The van der Waals surface area contributed by atoms with E-state index < -0.39 is 6.10 Å². The van der Waals surface area contributed by atoms with E-state index in [1.165, 1.54) is 5.56 Å². The fraction of sp³-hybridized carbons (Fsp3) is 0.0909. The first-order valence-corrected chi connectivity index (χ1v) is 7.89. The molecule has 1 nitrogen and oxygen atoms in total. The van der Waals surface area contributed by atoms with E-state index in [1.54, 1.807) is 0 Å². The van der Waals surface area contributed by atoms with Crippen molar-refractivity contribution >= 4 is 11.1 Å². The third-order valence-electron chi connectivity index (χ3n) is 4.46. The van der Waals surface area contributed by atoms with Crippen LogP contribution in [0.5, 0.6) is 0 Å². The van der Waals surface area contributed by atoms with Gasteiger partial charge in [0.1, 0.15) is 6.10 Å². The van der Waals surface area contributed by atoms with Crippen molar-refractivity contribution in [1.29, 1.82) is 0 Å². The Bertz CT molecular complexity index is 876. The Morgan fingerprint density at radius 1 is 0.739 bits per heavy atom. The quantitative estimate of drug-likeness (QED) is 0.706. The highest BCUT2D eigenvalue weighted by molar-refractivity contribution is 6.05. The van der Waals surface area contributed by atoms with Gasteiger partial charge in [-0.15, -0.1) is 0 Å². The summed E-state index contributed by atoms with van der Waals surface area (Å²) in [5, 5.41) is 11.0. The minimum Gasteiger partial charge on any atom is -0.384 e. The summed E-state index contributed by atoms with van der Waals surface area (Å²) in [5.41, 5.74) is 7.71. The molecule has 1 aliphatic carbocycles. The molecule has 0 amide bonds. The third-order valence-corrected chi connectivity index (χ3v) is 4.46. The second-order valence-corrected chi connectivity index (χ2v) is 6.01. The summed E-state index contributed by atoms with van der Waals surface area (Å²) < 4.78 is 0. The maximum absolute atomic E-state index is 11.0. The van der Waals surface area contributed by atoms with Gasteiger partial charge in [-0.25, -0.2) is 0 Å². The second kappa shape index (κ2) is 5.53. The van der Waals surface area contributed by atoms with Crippen LogP contribution in [0.2, 0.25) is 0 Å². The normalized spacial score (nSPS) is 16.5.